The number of hydrogen-bond donors (Lipinski definition) is 4. The van der Waals surface area contributed by atoms with Crippen molar-refractivity contribution in [3.05, 3.63) is 173 Å². The molecule has 0 saturated carbocycles. The van der Waals surface area contributed by atoms with Crippen LogP contribution in [0.4, 0.5) is 0 Å². The number of carboxylic acid groups (broad SMARTS) is 1. The van der Waals surface area contributed by atoms with Gasteiger partial charge in [-0.3, -0.25) is 4.79 Å². The van der Waals surface area contributed by atoms with E-state index in [1.807, 2.05) is 85.0 Å². The van der Waals surface area contributed by atoms with Crippen LogP contribution in [-0.4, -0.2) is 36.1 Å². The fourth-order valence-corrected chi connectivity index (χ4v) is 7.36. The van der Waals surface area contributed by atoms with E-state index < -0.39 is 11.9 Å². The highest BCUT2D eigenvalue weighted by molar-refractivity contribution is 5.98. The van der Waals surface area contributed by atoms with Crippen LogP contribution >= 0.6 is 0 Å². The summed E-state index contributed by atoms with van der Waals surface area (Å²) in [6.07, 6.45) is 7.93. The van der Waals surface area contributed by atoms with E-state index in [9.17, 15) is 15.0 Å². The zero-order chi connectivity index (χ0) is 35.9. The summed E-state index contributed by atoms with van der Waals surface area (Å²) in [6.45, 7) is 0. The molecule has 0 amide bonds. The summed E-state index contributed by atoms with van der Waals surface area (Å²) in [6, 6.07) is 44.8. The zero-order valence-corrected chi connectivity index (χ0v) is 28.4. The highest BCUT2D eigenvalue weighted by Gasteiger charge is 2.28. The molecule has 0 saturated heterocycles. The maximum Gasteiger partial charge on any atom is 0.315 e. The Morgan fingerprint density at radius 1 is 0.472 bits per heavy atom. The van der Waals surface area contributed by atoms with Crippen molar-refractivity contribution in [1.82, 2.24) is 19.9 Å². The summed E-state index contributed by atoms with van der Waals surface area (Å²) >= 11 is 0. The van der Waals surface area contributed by atoms with Crippen molar-refractivity contribution in [2.45, 2.75) is 5.92 Å². The molecule has 4 N–H and O–H groups in total. The molecule has 0 aliphatic carbocycles. The predicted octanol–water partition coefficient (Wildman–Crippen LogP) is 10.6. The molecular formula is C46H32N4O3. The van der Waals surface area contributed by atoms with Gasteiger partial charge in [-0.15, -0.1) is 0 Å². The van der Waals surface area contributed by atoms with Crippen molar-refractivity contribution in [2.75, 3.05) is 0 Å². The largest absolute Gasteiger partial charge is 0.508 e. The van der Waals surface area contributed by atoms with Crippen molar-refractivity contribution < 1.29 is 15.0 Å². The number of aliphatic carboxylic acids is 1. The van der Waals surface area contributed by atoms with E-state index in [1.165, 1.54) is 12.1 Å². The Labute approximate surface area is 305 Å². The quantitative estimate of drug-likeness (QED) is 0.139. The Kier molecular flexibility index (Phi) is 7.86. The number of phenolic OH excluding ortho intramolecular Hbond substituents is 1. The standard InChI is InChI=1S/C46H32N4O3/c51-32-18-16-31(17-19-32)44(46(52)53)45-39-26-24-37(49-39)42(29-12-6-2-7-13-29)35-22-20-33(47-35)41(28-10-4-1-5-11-28)34-21-23-36(48-34)43(30-14-8-3-9-15-30)38-25-27-40(45)50-38/h1-27,44,47,50-51H,(H,52,53). The lowest BCUT2D eigenvalue weighted by atomic mass is 9.90. The van der Waals surface area contributed by atoms with Crippen LogP contribution in [0.15, 0.2) is 140 Å². The molecule has 0 fully saturated rings. The van der Waals surface area contributed by atoms with Gasteiger partial charge >= 0.3 is 5.97 Å². The summed E-state index contributed by atoms with van der Waals surface area (Å²) in [5, 5.41) is 21.0. The minimum atomic E-state index is -1.10. The molecule has 3 aromatic heterocycles. The van der Waals surface area contributed by atoms with E-state index in [-0.39, 0.29) is 5.75 Å². The predicted molar refractivity (Wildman–Crippen MR) is 213 cm³/mol. The molecule has 53 heavy (non-hydrogen) atoms. The molecule has 1 atom stereocenters. The molecule has 5 heterocycles. The fraction of sp³-hybridized carbons (Fsp3) is 0.0217. The Bertz CT molecular complexity index is 2710. The normalized spacial score (nSPS) is 12.5. The minimum Gasteiger partial charge on any atom is -0.508 e. The van der Waals surface area contributed by atoms with Crippen LogP contribution in [-0.2, 0) is 4.79 Å². The average Bonchev–Trinajstić information content (AvgIpc) is 4.03. The number of carboxylic acids is 1. The molecule has 254 valence electrons. The fourth-order valence-electron chi connectivity index (χ4n) is 7.36. The molecule has 0 radical (unpaired) electrons. The summed E-state index contributed by atoms with van der Waals surface area (Å²) in [5.74, 6) is -2.09. The Hall–Kier alpha value is -7.25. The molecule has 2 aliphatic heterocycles. The first-order valence-corrected chi connectivity index (χ1v) is 17.4. The Balaban J connectivity index is 1.47. The van der Waals surface area contributed by atoms with Crippen molar-refractivity contribution >= 4 is 52.3 Å². The molecule has 1 unspecified atom stereocenters. The molecule has 7 aromatic rings. The first-order chi connectivity index (χ1) is 26.0. The second-order valence-electron chi connectivity index (χ2n) is 13.0. The molecule has 7 heteroatoms. The first kappa shape index (κ1) is 31.7. The topological polar surface area (TPSA) is 115 Å². The van der Waals surface area contributed by atoms with Crippen LogP contribution in [0, 0.1) is 0 Å². The maximum atomic E-state index is 13.3. The third-order valence-corrected chi connectivity index (χ3v) is 9.74. The van der Waals surface area contributed by atoms with Crippen LogP contribution < -0.4 is 0 Å². The lowest BCUT2D eigenvalue weighted by molar-refractivity contribution is -0.137. The van der Waals surface area contributed by atoms with Gasteiger partial charge in [0.25, 0.3) is 0 Å². The van der Waals surface area contributed by atoms with Gasteiger partial charge in [-0.1, -0.05) is 103 Å². The molecular weight excluding hydrogens is 657 g/mol. The van der Waals surface area contributed by atoms with Crippen molar-refractivity contribution in [2.24, 2.45) is 0 Å². The number of nitrogens with one attached hydrogen (secondary N) is 2. The lowest BCUT2D eigenvalue weighted by Crippen LogP contribution is -2.14. The van der Waals surface area contributed by atoms with Gasteiger partial charge in [-0.05, 0) is 83.0 Å². The molecule has 7 nitrogen and oxygen atoms in total. The molecule has 8 bridgehead atoms. The van der Waals surface area contributed by atoms with Crippen LogP contribution in [0.1, 0.15) is 39.8 Å². The highest BCUT2D eigenvalue weighted by Crippen LogP contribution is 2.39. The number of hydrogen-bond acceptors (Lipinski definition) is 4. The van der Waals surface area contributed by atoms with Gasteiger partial charge in [0, 0.05) is 44.3 Å². The number of carbonyl (C=O) groups is 1. The van der Waals surface area contributed by atoms with Gasteiger partial charge in [0.1, 0.15) is 11.7 Å². The summed E-state index contributed by atoms with van der Waals surface area (Å²) in [5.41, 5.74) is 12.6. The highest BCUT2D eigenvalue weighted by atomic mass is 16.4. The number of aromatic amines is 2. The SMILES string of the molecule is O=C(O)C(c1ccc(O)cc1)c1c2nc(c(-c3ccccc3)c3ccc([nH]3)c(-c3ccccc3)c3nc(c(-c4ccccc4)c4ccc1[nH]4)C=C3)C=C2. The number of fused-ring (bicyclic) bond motifs is 8. The van der Waals surface area contributed by atoms with Crippen LogP contribution in [0.25, 0.3) is 79.8 Å². The smallest absolute Gasteiger partial charge is 0.315 e. The minimum absolute atomic E-state index is 0.0560. The van der Waals surface area contributed by atoms with Crippen LogP contribution in [0.3, 0.4) is 0 Å². The van der Waals surface area contributed by atoms with Gasteiger partial charge in [0.15, 0.2) is 0 Å². The van der Waals surface area contributed by atoms with Gasteiger partial charge < -0.3 is 20.2 Å². The second-order valence-corrected chi connectivity index (χ2v) is 13.0. The number of aromatic nitrogens is 4. The lowest BCUT2D eigenvalue weighted by Gasteiger charge is -2.15. The van der Waals surface area contributed by atoms with Crippen LogP contribution in [0.2, 0.25) is 0 Å². The number of phenols is 1. The monoisotopic (exact) mass is 688 g/mol. The third-order valence-electron chi connectivity index (χ3n) is 9.74. The number of H-pyrrole nitrogens is 2. The van der Waals surface area contributed by atoms with Gasteiger partial charge in [-0.2, -0.15) is 0 Å². The molecule has 4 aromatic carbocycles. The first-order valence-electron chi connectivity index (χ1n) is 17.4. The summed E-state index contributed by atoms with van der Waals surface area (Å²) in [7, 11) is 0. The second kappa shape index (κ2) is 13.1. The Morgan fingerprint density at radius 3 is 1.28 bits per heavy atom. The van der Waals surface area contributed by atoms with Gasteiger partial charge in [-0.25, -0.2) is 9.97 Å². The van der Waals surface area contributed by atoms with E-state index >= 15 is 0 Å². The van der Waals surface area contributed by atoms with Gasteiger partial charge in [0.05, 0.1) is 22.8 Å². The van der Waals surface area contributed by atoms with Crippen molar-refractivity contribution in [1.29, 1.82) is 0 Å². The summed E-state index contributed by atoms with van der Waals surface area (Å²) < 4.78 is 0. The van der Waals surface area contributed by atoms with E-state index in [0.717, 1.165) is 61.3 Å². The molecule has 2 aliphatic rings. The zero-order valence-electron chi connectivity index (χ0n) is 28.4. The summed E-state index contributed by atoms with van der Waals surface area (Å²) in [4.78, 5) is 31.1. The van der Waals surface area contributed by atoms with E-state index in [4.69, 9.17) is 9.97 Å². The van der Waals surface area contributed by atoms with Crippen molar-refractivity contribution in [3.63, 3.8) is 0 Å². The number of aromatic hydroxyl groups is 1. The third kappa shape index (κ3) is 5.80. The Morgan fingerprint density at radius 2 is 0.849 bits per heavy atom. The number of benzene rings is 4. The van der Waals surface area contributed by atoms with Crippen molar-refractivity contribution in [3.8, 4) is 39.1 Å². The number of nitrogens with zero attached hydrogens (tertiary/aromatic N) is 2. The van der Waals surface area contributed by atoms with E-state index in [0.29, 0.717) is 28.0 Å². The number of rotatable bonds is 6. The van der Waals surface area contributed by atoms with Crippen LogP contribution in [0.5, 0.6) is 5.75 Å². The van der Waals surface area contributed by atoms with E-state index in [2.05, 4.69) is 64.6 Å². The average molecular weight is 689 g/mol. The maximum absolute atomic E-state index is 13.3. The molecule has 0 spiro atoms. The van der Waals surface area contributed by atoms with E-state index in [1.54, 1.807) is 12.1 Å². The van der Waals surface area contributed by atoms with Gasteiger partial charge in [0.2, 0.25) is 0 Å². The molecule has 9 rings (SSSR count).